The number of amides is 2. The largest absolute Gasteiger partial charge is 0.341 e. The Labute approximate surface area is 122 Å². The normalized spacial score (nSPS) is 17.1. The van der Waals surface area contributed by atoms with E-state index in [-0.39, 0.29) is 11.8 Å². The average Bonchev–Trinajstić information content (AvgIpc) is 2.85. The van der Waals surface area contributed by atoms with Crippen LogP contribution in [0.1, 0.15) is 35.9 Å². The maximum atomic E-state index is 12.2. The number of nitrogens with zero attached hydrogens (tertiary/aromatic N) is 1. The topological polar surface area (TPSA) is 49.4 Å². The summed E-state index contributed by atoms with van der Waals surface area (Å²) in [5.41, 5.74) is 0. The molecule has 0 saturated carbocycles. The van der Waals surface area contributed by atoms with Gasteiger partial charge in [-0.15, -0.1) is 24.0 Å². The molecule has 1 atom stereocenters. The molecule has 1 saturated heterocycles. The first-order chi connectivity index (χ1) is 9.08. The van der Waals surface area contributed by atoms with Crippen LogP contribution in [0.25, 0.3) is 0 Å². The van der Waals surface area contributed by atoms with Crippen LogP contribution in [0, 0.1) is 0 Å². The molecule has 0 radical (unpaired) electrons. The predicted octanol–water partition coefficient (Wildman–Crippen LogP) is 2.17. The number of rotatable bonds is 3. The smallest absolute Gasteiger partial charge is 0.262 e. The summed E-state index contributed by atoms with van der Waals surface area (Å²) < 4.78 is 0. The predicted molar refractivity (Wildman–Crippen MR) is 78.9 cm³/mol. The van der Waals surface area contributed by atoms with Crippen molar-refractivity contribution in [1.29, 1.82) is 0 Å². The maximum absolute atomic E-state index is 12.2. The van der Waals surface area contributed by atoms with Gasteiger partial charge in [0.05, 0.1) is 4.88 Å². The summed E-state index contributed by atoms with van der Waals surface area (Å²) in [6, 6.07) is 1.23. The average molecular weight is 298 g/mol. The van der Waals surface area contributed by atoms with Crippen LogP contribution in [0.2, 0.25) is 0 Å². The molecule has 19 heavy (non-hydrogen) atoms. The van der Waals surface area contributed by atoms with Crippen LogP contribution in [0.4, 0.5) is 0 Å². The summed E-state index contributed by atoms with van der Waals surface area (Å²) in [7, 11) is 0. The Morgan fingerprint density at radius 2 is 2.05 bits per heavy atom. The van der Waals surface area contributed by atoms with Gasteiger partial charge in [0, 0.05) is 23.4 Å². The van der Waals surface area contributed by atoms with Crippen molar-refractivity contribution in [3.63, 3.8) is 0 Å². The molecule has 1 unspecified atom stereocenters. The molecule has 0 aliphatic carbocycles. The van der Waals surface area contributed by atoms with Gasteiger partial charge in [0.2, 0.25) is 5.91 Å². The van der Waals surface area contributed by atoms with E-state index in [4.69, 9.17) is 0 Å². The third kappa shape index (κ3) is 3.73. The lowest BCUT2D eigenvalue weighted by molar-refractivity contribution is -0.133. The van der Waals surface area contributed by atoms with Crippen LogP contribution in [-0.4, -0.2) is 35.8 Å². The van der Waals surface area contributed by atoms with Crippen molar-refractivity contribution in [1.82, 2.24) is 10.2 Å². The van der Waals surface area contributed by atoms with Crippen LogP contribution < -0.4 is 5.32 Å². The zero-order valence-corrected chi connectivity index (χ0v) is 12.6. The van der Waals surface area contributed by atoms with E-state index in [9.17, 15) is 9.59 Å². The van der Waals surface area contributed by atoms with Gasteiger partial charge < -0.3 is 10.2 Å². The van der Waals surface area contributed by atoms with Gasteiger partial charge in [-0.05, 0) is 32.3 Å². The van der Waals surface area contributed by atoms with E-state index >= 15 is 0 Å². The zero-order valence-electron chi connectivity index (χ0n) is 10.9. The number of carbonyl (C=O) groups excluding carboxylic acids is 2. The molecule has 1 aliphatic heterocycles. The van der Waals surface area contributed by atoms with E-state index in [0.29, 0.717) is 4.88 Å². The Kier molecular flexibility index (Phi) is 4.87. The minimum absolute atomic E-state index is 0.00991. The summed E-state index contributed by atoms with van der Waals surface area (Å²) in [5, 5.41) is 4.55. The maximum Gasteiger partial charge on any atom is 0.262 e. The minimum atomic E-state index is -0.476. The first-order valence-electron chi connectivity index (χ1n) is 6.45. The van der Waals surface area contributed by atoms with Gasteiger partial charge in [0.1, 0.15) is 6.04 Å². The van der Waals surface area contributed by atoms with Crippen molar-refractivity contribution < 1.29 is 9.59 Å². The second-order valence-corrected chi connectivity index (χ2v) is 6.18. The Balaban J connectivity index is 1.91. The molecule has 1 aromatic heterocycles. The van der Waals surface area contributed by atoms with Gasteiger partial charge in [-0.25, -0.2) is 0 Å². The monoisotopic (exact) mass is 298 g/mol. The Morgan fingerprint density at radius 3 is 2.63 bits per heavy atom. The van der Waals surface area contributed by atoms with E-state index in [2.05, 4.69) is 17.9 Å². The van der Waals surface area contributed by atoms with Crippen molar-refractivity contribution in [3.8, 4) is 0 Å². The van der Waals surface area contributed by atoms with Crippen LogP contribution >= 0.6 is 24.0 Å². The summed E-state index contributed by atoms with van der Waals surface area (Å²) in [5.74, 6) is -0.195. The fourth-order valence-corrected chi connectivity index (χ4v) is 3.21. The highest BCUT2D eigenvalue weighted by Gasteiger charge is 2.23. The fraction of sp³-hybridized carbons (Fsp3) is 0.538. The van der Waals surface area contributed by atoms with Gasteiger partial charge in [-0.3, -0.25) is 9.59 Å². The molecule has 2 rings (SSSR count). The zero-order chi connectivity index (χ0) is 13.8. The molecule has 2 amide bonds. The molecule has 2 heterocycles. The molecule has 1 aromatic rings. The highest BCUT2D eigenvalue weighted by Crippen LogP contribution is 2.17. The number of nitrogens with one attached hydrogen (secondary N) is 1. The van der Waals surface area contributed by atoms with E-state index < -0.39 is 6.04 Å². The second kappa shape index (κ2) is 6.43. The summed E-state index contributed by atoms with van der Waals surface area (Å²) in [4.78, 5) is 27.3. The standard InChI is InChI=1S/C13H18N2O2S2/c1-9(13(17)15-5-3-2-4-6-15)14-12(16)11-7-10(18)8-19-11/h7-9,18H,2-6H2,1H3,(H,14,16). The number of piperidine rings is 1. The first kappa shape index (κ1) is 14.4. The van der Waals surface area contributed by atoms with Crippen LogP contribution in [0.5, 0.6) is 0 Å². The molecule has 1 fully saturated rings. The number of hydrogen-bond acceptors (Lipinski definition) is 4. The Morgan fingerprint density at radius 1 is 1.37 bits per heavy atom. The van der Waals surface area contributed by atoms with Gasteiger partial charge >= 0.3 is 0 Å². The SMILES string of the molecule is CC(NC(=O)c1cc(S)cs1)C(=O)N1CCCCC1. The highest BCUT2D eigenvalue weighted by atomic mass is 32.1. The molecule has 104 valence electrons. The highest BCUT2D eigenvalue weighted by molar-refractivity contribution is 7.80. The number of thiophene rings is 1. The molecule has 0 aromatic carbocycles. The van der Waals surface area contributed by atoms with Gasteiger partial charge in [-0.1, -0.05) is 0 Å². The van der Waals surface area contributed by atoms with E-state index in [0.717, 1.165) is 30.8 Å². The molecular formula is C13H18N2O2S2. The van der Waals surface area contributed by atoms with Crippen LogP contribution in [0.3, 0.4) is 0 Å². The first-order valence-corrected chi connectivity index (χ1v) is 7.78. The summed E-state index contributed by atoms with van der Waals surface area (Å²) in [6.07, 6.45) is 3.30. The molecule has 0 spiro atoms. The third-order valence-corrected chi connectivity index (χ3v) is 4.56. The van der Waals surface area contributed by atoms with Gasteiger partial charge in [0.25, 0.3) is 5.91 Å². The minimum Gasteiger partial charge on any atom is -0.341 e. The van der Waals surface area contributed by atoms with Crippen molar-refractivity contribution in [2.24, 2.45) is 0 Å². The Hall–Kier alpha value is -1.01. The lowest BCUT2D eigenvalue weighted by Gasteiger charge is -2.29. The van der Waals surface area contributed by atoms with Crippen LogP contribution in [-0.2, 0) is 4.79 Å². The van der Waals surface area contributed by atoms with E-state index in [1.165, 1.54) is 17.8 Å². The van der Waals surface area contributed by atoms with Gasteiger partial charge in [0.15, 0.2) is 0 Å². The Bertz CT molecular complexity index is 467. The molecule has 6 heteroatoms. The quantitative estimate of drug-likeness (QED) is 0.840. The summed E-state index contributed by atoms with van der Waals surface area (Å²) in [6.45, 7) is 3.35. The molecule has 1 N–H and O–H groups in total. The van der Waals surface area contributed by atoms with E-state index in [1.54, 1.807) is 18.4 Å². The lowest BCUT2D eigenvalue weighted by atomic mass is 10.1. The number of carbonyl (C=O) groups is 2. The molecular weight excluding hydrogens is 280 g/mol. The van der Waals surface area contributed by atoms with E-state index in [1.807, 2.05) is 4.90 Å². The fourth-order valence-electron chi connectivity index (χ4n) is 2.16. The van der Waals surface area contributed by atoms with Crippen LogP contribution in [0.15, 0.2) is 16.3 Å². The summed E-state index contributed by atoms with van der Waals surface area (Å²) >= 11 is 5.50. The van der Waals surface area contributed by atoms with Crippen molar-refractivity contribution in [3.05, 3.63) is 16.3 Å². The third-order valence-electron chi connectivity index (χ3n) is 3.20. The number of likely N-dealkylation sites (tertiary alicyclic amines) is 1. The second-order valence-electron chi connectivity index (χ2n) is 4.75. The molecule has 0 bridgehead atoms. The molecule has 1 aliphatic rings. The van der Waals surface area contributed by atoms with Crippen molar-refractivity contribution in [2.75, 3.05) is 13.1 Å². The van der Waals surface area contributed by atoms with Crippen molar-refractivity contribution >= 4 is 35.8 Å². The lowest BCUT2D eigenvalue weighted by Crippen LogP contribution is -2.48. The number of hydrogen-bond donors (Lipinski definition) is 2. The van der Waals surface area contributed by atoms with Crippen molar-refractivity contribution in [2.45, 2.75) is 37.1 Å². The van der Waals surface area contributed by atoms with Gasteiger partial charge in [-0.2, -0.15) is 0 Å². The molecule has 4 nitrogen and oxygen atoms in total. The number of thiol groups is 1.